The highest BCUT2D eigenvalue weighted by molar-refractivity contribution is 14.0. The lowest BCUT2D eigenvalue weighted by atomic mass is 10.1. The molecule has 0 saturated carbocycles. The van der Waals surface area contributed by atoms with Crippen molar-refractivity contribution in [3.63, 3.8) is 0 Å². The first-order chi connectivity index (χ1) is 14.0. The largest absolute Gasteiger partial charge is 0.484 e. The molecule has 6 nitrogen and oxygen atoms in total. The van der Waals surface area contributed by atoms with Crippen molar-refractivity contribution in [1.82, 2.24) is 10.6 Å². The van der Waals surface area contributed by atoms with Crippen molar-refractivity contribution in [2.45, 2.75) is 18.7 Å². The lowest BCUT2D eigenvalue weighted by Crippen LogP contribution is -2.38. The Morgan fingerprint density at radius 3 is 2.53 bits per heavy atom. The monoisotopic (exact) mass is 546 g/mol. The number of amides is 1. The molecule has 0 spiro atoms. The van der Waals surface area contributed by atoms with E-state index in [9.17, 15) is 9.18 Å². The van der Waals surface area contributed by atoms with Crippen LogP contribution in [-0.4, -0.2) is 38.3 Å². The van der Waals surface area contributed by atoms with E-state index < -0.39 is 5.91 Å². The van der Waals surface area contributed by atoms with E-state index in [4.69, 9.17) is 10.5 Å². The van der Waals surface area contributed by atoms with Crippen LogP contribution in [0.5, 0.6) is 5.75 Å². The third kappa shape index (κ3) is 9.21. The van der Waals surface area contributed by atoms with Crippen molar-refractivity contribution in [3.8, 4) is 5.75 Å². The van der Waals surface area contributed by atoms with Gasteiger partial charge >= 0.3 is 0 Å². The van der Waals surface area contributed by atoms with Gasteiger partial charge in [-0.15, -0.1) is 24.0 Å². The maximum absolute atomic E-state index is 13.5. The number of benzene rings is 2. The number of guanidine groups is 1. The molecule has 0 aromatic heterocycles. The molecule has 2 aromatic rings. The fourth-order valence-electron chi connectivity index (χ4n) is 2.69. The predicted molar refractivity (Wildman–Crippen MR) is 132 cm³/mol. The Bertz CT molecular complexity index is 834. The zero-order chi connectivity index (χ0) is 21.1. The zero-order valence-electron chi connectivity index (χ0n) is 17.1. The van der Waals surface area contributed by atoms with Gasteiger partial charge in [0.05, 0.1) is 0 Å². The lowest BCUT2D eigenvalue weighted by Gasteiger charge is -2.14. The Morgan fingerprint density at radius 2 is 1.90 bits per heavy atom. The molecule has 0 atom stereocenters. The summed E-state index contributed by atoms with van der Waals surface area (Å²) in [7, 11) is 1.72. The second kappa shape index (κ2) is 14.1. The molecule has 164 valence electrons. The number of aliphatic imine (C=N–C) groups is 1. The van der Waals surface area contributed by atoms with Crippen LogP contribution in [0.1, 0.15) is 16.7 Å². The summed E-state index contributed by atoms with van der Waals surface area (Å²) in [5.74, 6) is 1.34. The van der Waals surface area contributed by atoms with Crippen molar-refractivity contribution in [1.29, 1.82) is 0 Å². The molecule has 9 heteroatoms. The molecule has 0 aliphatic rings. The first-order valence-electron chi connectivity index (χ1n) is 9.22. The summed E-state index contributed by atoms with van der Waals surface area (Å²) >= 11 is 1.66. The van der Waals surface area contributed by atoms with Crippen LogP contribution >= 0.6 is 35.7 Å². The standard InChI is InChI=1S/C21H27FN4O2S.HI/c1-24-21(26-12-16-5-6-18(22)11-17(16)14-29-2)25-10-9-15-3-7-19(8-4-15)28-13-20(23)27;/h3-8,11H,9-10,12-14H2,1-2H3,(H2,23,27)(H2,24,25,26);1H. The van der Waals surface area contributed by atoms with Gasteiger partial charge in [-0.05, 0) is 53.6 Å². The third-order valence-corrected chi connectivity index (χ3v) is 4.75. The lowest BCUT2D eigenvalue weighted by molar-refractivity contribution is -0.119. The normalized spacial score (nSPS) is 10.8. The van der Waals surface area contributed by atoms with Crippen LogP contribution < -0.4 is 21.1 Å². The van der Waals surface area contributed by atoms with Gasteiger partial charge in [0.15, 0.2) is 12.6 Å². The van der Waals surface area contributed by atoms with E-state index in [0.717, 1.165) is 28.9 Å². The molecule has 1 amide bonds. The van der Waals surface area contributed by atoms with Crippen molar-refractivity contribution in [3.05, 3.63) is 65.0 Å². The Morgan fingerprint density at radius 1 is 1.17 bits per heavy atom. The second-order valence-electron chi connectivity index (χ2n) is 6.35. The molecule has 2 aromatic carbocycles. The second-order valence-corrected chi connectivity index (χ2v) is 7.21. The third-order valence-electron chi connectivity index (χ3n) is 4.15. The summed E-state index contributed by atoms with van der Waals surface area (Å²) in [4.78, 5) is 15.0. The Hall–Kier alpha value is -2.01. The first kappa shape index (κ1) is 26.0. The van der Waals surface area contributed by atoms with Gasteiger partial charge in [0, 0.05) is 25.9 Å². The number of primary amides is 1. The smallest absolute Gasteiger partial charge is 0.255 e. The average molecular weight is 546 g/mol. The quantitative estimate of drug-likeness (QED) is 0.242. The highest BCUT2D eigenvalue weighted by Gasteiger charge is 2.06. The molecule has 0 heterocycles. The molecule has 0 fully saturated rings. The van der Waals surface area contributed by atoms with Gasteiger partial charge < -0.3 is 21.1 Å². The molecular weight excluding hydrogens is 518 g/mol. The Labute approximate surface area is 198 Å². The number of carbonyl (C=O) groups excluding carboxylic acids is 1. The van der Waals surface area contributed by atoms with E-state index in [2.05, 4.69) is 15.6 Å². The number of hydrogen-bond donors (Lipinski definition) is 3. The van der Waals surface area contributed by atoms with Crippen LogP contribution in [0.15, 0.2) is 47.5 Å². The highest BCUT2D eigenvalue weighted by atomic mass is 127. The number of thioether (sulfide) groups is 1. The summed E-state index contributed by atoms with van der Waals surface area (Å²) in [6, 6.07) is 12.4. The van der Waals surface area contributed by atoms with E-state index >= 15 is 0 Å². The van der Waals surface area contributed by atoms with Crippen molar-refractivity contribution < 1.29 is 13.9 Å². The van der Waals surface area contributed by atoms with Gasteiger partial charge in [-0.3, -0.25) is 9.79 Å². The fraction of sp³-hybridized carbons (Fsp3) is 0.333. The van der Waals surface area contributed by atoms with Crippen LogP contribution in [0, 0.1) is 5.82 Å². The summed E-state index contributed by atoms with van der Waals surface area (Å²) in [5, 5.41) is 6.54. The predicted octanol–water partition coefficient (Wildman–Crippen LogP) is 3.08. The zero-order valence-corrected chi connectivity index (χ0v) is 20.3. The van der Waals surface area contributed by atoms with Gasteiger partial charge in [-0.1, -0.05) is 18.2 Å². The molecule has 4 N–H and O–H groups in total. The fourth-order valence-corrected chi connectivity index (χ4v) is 3.27. The van der Waals surface area contributed by atoms with Crippen LogP contribution in [0.2, 0.25) is 0 Å². The SMILES string of the molecule is CN=C(NCCc1ccc(OCC(N)=O)cc1)NCc1ccc(F)cc1CSC.I. The van der Waals surface area contributed by atoms with Gasteiger partial charge in [0.25, 0.3) is 5.91 Å². The molecule has 2 rings (SSSR count). The maximum Gasteiger partial charge on any atom is 0.255 e. The average Bonchev–Trinajstić information content (AvgIpc) is 2.71. The Kier molecular flexibility index (Phi) is 12.2. The molecular formula is C21H28FIN4O2S. The number of nitrogens with zero attached hydrogens (tertiary/aromatic N) is 1. The molecule has 0 bridgehead atoms. The highest BCUT2D eigenvalue weighted by Crippen LogP contribution is 2.16. The number of carbonyl (C=O) groups is 1. The number of rotatable bonds is 10. The van der Waals surface area contributed by atoms with Crippen LogP contribution in [0.3, 0.4) is 0 Å². The number of hydrogen-bond acceptors (Lipinski definition) is 4. The minimum Gasteiger partial charge on any atom is -0.484 e. The number of ether oxygens (including phenoxy) is 1. The summed E-state index contributed by atoms with van der Waals surface area (Å²) in [6.07, 6.45) is 2.80. The van der Waals surface area contributed by atoms with Gasteiger partial charge in [0.1, 0.15) is 11.6 Å². The van der Waals surface area contributed by atoms with Crippen molar-refractivity contribution >= 4 is 47.6 Å². The minimum absolute atomic E-state index is 0. The molecule has 0 radical (unpaired) electrons. The molecule has 0 saturated heterocycles. The molecule has 0 unspecified atom stereocenters. The first-order valence-corrected chi connectivity index (χ1v) is 10.6. The van der Waals surface area contributed by atoms with Crippen molar-refractivity contribution in [2.24, 2.45) is 10.7 Å². The van der Waals surface area contributed by atoms with E-state index in [-0.39, 0.29) is 36.4 Å². The topological polar surface area (TPSA) is 88.7 Å². The minimum atomic E-state index is -0.502. The summed E-state index contributed by atoms with van der Waals surface area (Å²) in [6.45, 7) is 1.14. The van der Waals surface area contributed by atoms with Crippen LogP contribution in [0.25, 0.3) is 0 Å². The maximum atomic E-state index is 13.5. The van der Waals surface area contributed by atoms with E-state index in [1.165, 1.54) is 6.07 Å². The van der Waals surface area contributed by atoms with E-state index in [1.807, 2.05) is 36.6 Å². The summed E-state index contributed by atoms with van der Waals surface area (Å²) < 4.78 is 18.7. The Balaban J connectivity index is 0.00000450. The van der Waals surface area contributed by atoms with Gasteiger partial charge in [-0.2, -0.15) is 11.8 Å². The van der Waals surface area contributed by atoms with Crippen molar-refractivity contribution in [2.75, 3.05) is 26.5 Å². The molecule has 30 heavy (non-hydrogen) atoms. The van der Waals surface area contributed by atoms with Crippen LogP contribution in [0.4, 0.5) is 4.39 Å². The summed E-state index contributed by atoms with van der Waals surface area (Å²) in [5.41, 5.74) is 8.22. The number of nitrogens with one attached hydrogen (secondary N) is 2. The molecule has 0 aliphatic carbocycles. The van der Waals surface area contributed by atoms with Gasteiger partial charge in [0.2, 0.25) is 0 Å². The van der Waals surface area contributed by atoms with Gasteiger partial charge in [-0.25, -0.2) is 4.39 Å². The number of nitrogens with two attached hydrogens (primary N) is 1. The number of halogens is 2. The van der Waals surface area contributed by atoms with E-state index in [1.54, 1.807) is 24.9 Å². The van der Waals surface area contributed by atoms with Crippen LogP contribution in [-0.2, 0) is 23.5 Å². The molecule has 0 aliphatic heterocycles. The van der Waals surface area contributed by atoms with E-state index in [0.29, 0.717) is 24.8 Å².